The van der Waals surface area contributed by atoms with Gasteiger partial charge in [-0.2, -0.15) is 5.10 Å². The molecule has 2 heterocycles. The van der Waals surface area contributed by atoms with Gasteiger partial charge in [0.05, 0.1) is 22.3 Å². The fourth-order valence-electron chi connectivity index (χ4n) is 2.75. The first-order chi connectivity index (χ1) is 10.5. The van der Waals surface area contributed by atoms with E-state index in [4.69, 9.17) is 0 Å². The number of benzene rings is 1. The number of aromatic nitrogens is 4. The highest BCUT2D eigenvalue weighted by atomic mass is 16.1. The van der Waals surface area contributed by atoms with Crippen LogP contribution in [0.2, 0.25) is 0 Å². The fraction of sp³-hybridized carbons (Fsp3) is 0.312. The Bertz CT molecular complexity index is 859. The van der Waals surface area contributed by atoms with E-state index in [1.54, 1.807) is 0 Å². The van der Waals surface area contributed by atoms with E-state index in [-0.39, 0.29) is 5.91 Å². The second-order valence-electron chi connectivity index (χ2n) is 5.30. The number of hydrogen-bond donors (Lipinski definition) is 1. The van der Waals surface area contributed by atoms with E-state index in [0.717, 1.165) is 29.0 Å². The van der Waals surface area contributed by atoms with Crippen LogP contribution in [-0.2, 0) is 13.6 Å². The maximum atomic E-state index is 12.6. The molecular formula is C16H19N5O. The van der Waals surface area contributed by atoms with Crippen LogP contribution in [0.5, 0.6) is 0 Å². The molecule has 6 heteroatoms. The number of carbonyl (C=O) groups is 1. The Hall–Kier alpha value is -2.63. The predicted octanol–water partition coefficient (Wildman–Crippen LogP) is 2.66. The predicted molar refractivity (Wildman–Crippen MR) is 86.0 cm³/mol. The molecule has 0 spiro atoms. The van der Waals surface area contributed by atoms with Crippen LogP contribution < -0.4 is 5.32 Å². The molecule has 114 valence electrons. The van der Waals surface area contributed by atoms with Crippen molar-refractivity contribution in [3.63, 3.8) is 0 Å². The Balaban J connectivity index is 1.97. The largest absolute Gasteiger partial charge is 0.313 e. The van der Waals surface area contributed by atoms with Gasteiger partial charge in [-0.3, -0.25) is 14.8 Å². The summed E-state index contributed by atoms with van der Waals surface area (Å²) in [5.74, 6) is 0.363. The van der Waals surface area contributed by atoms with Crippen molar-refractivity contribution in [2.24, 2.45) is 7.05 Å². The quantitative estimate of drug-likeness (QED) is 0.808. The average Bonchev–Trinajstić information content (AvgIpc) is 2.97. The van der Waals surface area contributed by atoms with Gasteiger partial charge < -0.3 is 4.57 Å². The van der Waals surface area contributed by atoms with Gasteiger partial charge in [-0.05, 0) is 32.9 Å². The lowest BCUT2D eigenvalue weighted by Crippen LogP contribution is -2.16. The van der Waals surface area contributed by atoms with Gasteiger partial charge in [-0.15, -0.1) is 0 Å². The zero-order valence-corrected chi connectivity index (χ0v) is 13.2. The van der Waals surface area contributed by atoms with Crippen molar-refractivity contribution < 1.29 is 4.79 Å². The number of aryl methyl sites for hydroxylation is 3. The number of nitrogens with one attached hydrogen (secondary N) is 1. The molecule has 2 aromatic heterocycles. The van der Waals surface area contributed by atoms with Crippen molar-refractivity contribution in [1.82, 2.24) is 19.3 Å². The van der Waals surface area contributed by atoms with Crippen molar-refractivity contribution in [1.29, 1.82) is 0 Å². The van der Waals surface area contributed by atoms with Gasteiger partial charge >= 0.3 is 0 Å². The maximum Gasteiger partial charge on any atom is 0.261 e. The van der Waals surface area contributed by atoms with Crippen molar-refractivity contribution in [2.45, 2.75) is 27.3 Å². The van der Waals surface area contributed by atoms with Crippen molar-refractivity contribution in [3.05, 3.63) is 41.2 Å². The van der Waals surface area contributed by atoms with Crippen molar-refractivity contribution >= 4 is 22.9 Å². The summed E-state index contributed by atoms with van der Waals surface area (Å²) in [6.07, 6.45) is 0. The Morgan fingerprint density at radius 3 is 2.64 bits per heavy atom. The number of fused-ring (bicyclic) bond motifs is 1. The number of nitrogens with zero attached hydrogens (tertiary/aromatic N) is 4. The summed E-state index contributed by atoms with van der Waals surface area (Å²) >= 11 is 0. The number of rotatable bonds is 3. The Labute approximate surface area is 128 Å². The molecule has 6 nitrogen and oxygen atoms in total. The fourth-order valence-corrected chi connectivity index (χ4v) is 2.75. The summed E-state index contributed by atoms with van der Waals surface area (Å²) in [6, 6.07) is 7.79. The lowest BCUT2D eigenvalue weighted by atomic mass is 10.2. The molecule has 3 aromatic rings. The van der Waals surface area contributed by atoms with E-state index < -0.39 is 0 Å². The summed E-state index contributed by atoms with van der Waals surface area (Å²) in [5.41, 5.74) is 4.06. The summed E-state index contributed by atoms with van der Waals surface area (Å²) < 4.78 is 3.71. The number of para-hydroxylation sites is 2. The highest BCUT2D eigenvalue weighted by Gasteiger charge is 2.20. The molecule has 0 atom stereocenters. The lowest BCUT2D eigenvalue weighted by Gasteiger charge is -2.06. The molecule has 0 aliphatic heterocycles. The zero-order chi connectivity index (χ0) is 15.9. The van der Waals surface area contributed by atoms with E-state index >= 15 is 0 Å². The second kappa shape index (κ2) is 5.29. The molecule has 1 aromatic carbocycles. The standard InChI is InChI=1S/C16H19N5O/c1-5-21-11(3)14(10(2)19-21)15(22)18-16-17-12-8-6-7-9-13(12)20(16)4/h6-9H,5H2,1-4H3,(H,17,18,22). The van der Waals surface area contributed by atoms with E-state index in [9.17, 15) is 4.79 Å². The summed E-state index contributed by atoms with van der Waals surface area (Å²) in [7, 11) is 1.89. The van der Waals surface area contributed by atoms with E-state index in [0.29, 0.717) is 11.5 Å². The maximum absolute atomic E-state index is 12.6. The molecule has 0 radical (unpaired) electrons. The van der Waals surface area contributed by atoms with Crippen LogP contribution in [-0.4, -0.2) is 25.2 Å². The van der Waals surface area contributed by atoms with Gasteiger partial charge in [0.25, 0.3) is 5.91 Å². The molecule has 0 bridgehead atoms. The van der Waals surface area contributed by atoms with Crippen LogP contribution in [0.25, 0.3) is 11.0 Å². The SMILES string of the molecule is CCn1nc(C)c(C(=O)Nc2nc3ccccc3n2C)c1C. The number of carbonyl (C=O) groups excluding carboxylic acids is 1. The van der Waals surface area contributed by atoms with Crippen molar-refractivity contribution in [2.75, 3.05) is 5.32 Å². The van der Waals surface area contributed by atoms with Crippen LogP contribution in [0.4, 0.5) is 5.95 Å². The molecule has 0 aliphatic carbocycles. The number of anilines is 1. The molecule has 22 heavy (non-hydrogen) atoms. The molecular weight excluding hydrogens is 278 g/mol. The first kappa shape index (κ1) is 14.3. The van der Waals surface area contributed by atoms with Crippen LogP contribution in [0.1, 0.15) is 28.7 Å². The number of imidazole rings is 1. The molecule has 1 N–H and O–H groups in total. The monoisotopic (exact) mass is 297 g/mol. The normalized spacial score (nSPS) is 11.1. The van der Waals surface area contributed by atoms with E-state index in [1.165, 1.54) is 0 Å². The minimum absolute atomic E-state index is 0.173. The van der Waals surface area contributed by atoms with E-state index in [2.05, 4.69) is 15.4 Å². The number of hydrogen-bond acceptors (Lipinski definition) is 3. The molecule has 3 rings (SSSR count). The third-order valence-corrected chi connectivity index (χ3v) is 3.92. The first-order valence-corrected chi connectivity index (χ1v) is 7.29. The topological polar surface area (TPSA) is 64.7 Å². The third kappa shape index (κ3) is 2.16. The van der Waals surface area contributed by atoms with Gasteiger partial charge in [0.2, 0.25) is 5.95 Å². The smallest absolute Gasteiger partial charge is 0.261 e. The minimum atomic E-state index is -0.173. The average molecular weight is 297 g/mol. The molecule has 0 aliphatic rings. The Morgan fingerprint density at radius 1 is 1.27 bits per heavy atom. The highest BCUT2D eigenvalue weighted by Crippen LogP contribution is 2.20. The van der Waals surface area contributed by atoms with Crippen molar-refractivity contribution in [3.8, 4) is 0 Å². The molecule has 1 amide bonds. The van der Waals surface area contributed by atoms with Gasteiger partial charge in [0.1, 0.15) is 0 Å². The molecule has 0 unspecified atom stereocenters. The summed E-state index contributed by atoms with van der Waals surface area (Å²) in [6.45, 7) is 6.51. The number of amides is 1. The first-order valence-electron chi connectivity index (χ1n) is 7.29. The highest BCUT2D eigenvalue weighted by molar-refractivity contribution is 6.05. The minimum Gasteiger partial charge on any atom is -0.313 e. The van der Waals surface area contributed by atoms with E-state index in [1.807, 2.05) is 61.3 Å². The zero-order valence-electron chi connectivity index (χ0n) is 13.2. The molecule has 0 saturated carbocycles. The van der Waals surface area contributed by atoms with Crippen LogP contribution in [0.3, 0.4) is 0 Å². The van der Waals surface area contributed by atoms with Crippen LogP contribution in [0, 0.1) is 13.8 Å². The van der Waals surface area contributed by atoms with Gasteiger partial charge in [0, 0.05) is 19.3 Å². The summed E-state index contributed by atoms with van der Waals surface area (Å²) in [5, 5.41) is 7.28. The molecule has 0 fully saturated rings. The Morgan fingerprint density at radius 2 is 2.00 bits per heavy atom. The van der Waals surface area contributed by atoms with Crippen LogP contribution >= 0.6 is 0 Å². The summed E-state index contributed by atoms with van der Waals surface area (Å²) in [4.78, 5) is 17.1. The van der Waals surface area contributed by atoms with Gasteiger partial charge in [-0.25, -0.2) is 4.98 Å². The second-order valence-corrected chi connectivity index (χ2v) is 5.30. The third-order valence-electron chi connectivity index (χ3n) is 3.92. The van der Waals surface area contributed by atoms with Gasteiger partial charge in [-0.1, -0.05) is 12.1 Å². The molecule has 0 saturated heterocycles. The Kier molecular flexibility index (Phi) is 3.44. The van der Waals surface area contributed by atoms with Gasteiger partial charge in [0.15, 0.2) is 0 Å². The van der Waals surface area contributed by atoms with Crippen LogP contribution in [0.15, 0.2) is 24.3 Å². The lowest BCUT2D eigenvalue weighted by molar-refractivity contribution is 0.102.